The van der Waals surface area contributed by atoms with E-state index in [9.17, 15) is 0 Å². The van der Waals surface area contributed by atoms with E-state index < -0.39 is 0 Å². The first-order valence-corrected chi connectivity index (χ1v) is 8.41. The molecule has 1 saturated carbocycles. The number of hydrogen-bond acceptors (Lipinski definition) is 3. The fraction of sp³-hybridized carbons (Fsp3) is 0.556. The molecule has 1 aliphatic carbocycles. The lowest BCUT2D eigenvalue weighted by molar-refractivity contribution is 0.432. The van der Waals surface area contributed by atoms with Gasteiger partial charge in [0.2, 0.25) is 5.95 Å². The molecule has 1 saturated heterocycles. The van der Waals surface area contributed by atoms with Crippen LogP contribution in [0.4, 0.5) is 5.95 Å². The van der Waals surface area contributed by atoms with E-state index in [1.807, 2.05) is 0 Å². The van der Waals surface area contributed by atoms with Gasteiger partial charge in [-0.05, 0) is 37.2 Å². The second kappa shape index (κ2) is 5.11. The van der Waals surface area contributed by atoms with Crippen molar-refractivity contribution in [2.45, 2.75) is 38.0 Å². The van der Waals surface area contributed by atoms with Crippen molar-refractivity contribution in [2.75, 3.05) is 18.0 Å². The van der Waals surface area contributed by atoms with Crippen molar-refractivity contribution in [1.82, 2.24) is 14.8 Å². The predicted molar refractivity (Wildman–Crippen MR) is 88.1 cm³/mol. The molecule has 0 N–H and O–H groups in total. The fourth-order valence-corrected chi connectivity index (χ4v) is 3.75. The molecule has 2 heterocycles. The van der Waals surface area contributed by atoms with Crippen molar-refractivity contribution >= 4 is 5.95 Å². The molecule has 4 rings (SSSR count). The highest BCUT2D eigenvalue weighted by Gasteiger charge is 2.50. The Labute approximate surface area is 132 Å². The van der Waals surface area contributed by atoms with E-state index >= 15 is 0 Å². The van der Waals surface area contributed by atoms with Gasteiger partial charge in [0.25, 0.3) is 0 Å². The fourth-order valence-electron chi connectivity index (χ4n) is 3.75. The SMILES string of the molecule is CC1CCN(c2nnc(C3(c4ccccc4)CC3)n2C)CC1. The Hall–Kier alpha value is -1.84. The molecule has 2 aliphatic rings. The summed E-state index contributed by atoms with van der Waals surface area (Å²) in [7, 11) is 2.13. The van der Waals surface area contributed by atoms with Gasteiger partial charge in [-0.1, -0.05) is 37.3 Å². The van der Waals surface area contributed by atoms with Crippen LogP contribution in [-0.2, 0) is 12.5 Å². The molecule has 0 radical (unpaired) electrons. The molecule has 1 aliphatic heterocycles. The summed E-state index contributed by atoms with van der Waals surface area (Å²) in [4.78, 5) is 2.40. The molecule has 0 atom stereocenters. The molecule has 116 valence electrons. The number of anilines is 1. The van der Waals surface area contributed by atoms with E-state index in [-0.39, 0.29) is 5.41 Å². The summed E-state index contributed by atoms with van der Waals surface area (Å²) in [6.45, 7) is 4.55. The number of hydrogen-bond donors (Lipinski definition) is 0. The van der Waals surface area contributed by atoms with Gasteiger partial charge in [-0.15, -0.1) is 10.2 Å². The zero-order valence-electron chi connectivity index (χ0n) is 13.5. The average Bonchev–Trinajstić information content (AvgIpc) is 3.27. The molecule has 4 nitrogen and oxygen atoms in total. The Morgan fingerprint density at radius 1 is 1.05 bits per heavy atom. The molecule has 0 spiro atoms. The van der Waals surface area contributed by atoms with Crippen molar-refractivity contribution in [3.8, 4) is 0 Å². The molecule has 0 unspecified atom stereocenters. The quantitative estimate of drug-likeness (QED) is 0.872. The van der Waals surface area contributed by atoms with E-state index in [0.29, 0.717) is 0 Å². The van der Waals surface area contributed by atoms with Gasteiger partial charge in [-0.3, -0.25) is 4.57 Å². The van der Waals surface area contributed by atoms with Gasteiger partial charge in [0, 0.05) is 20.1 Å². The van der Waals surface area contributed by atoms with Crippen LogP contribution in [0.5, 0.6) is 0 Å². The third-order valence-corrected chi connectivity index (χ3v) is 5.42. The molecule has 2 fully saturated rings. The van der Waals surface area contributed by atoms with E-state index in [4.69, 9.17) is 0 Å². The Balaban J connectivity index is 1.65. The van der Waals surface area contributed by atoms with Crippen molar-refractivity contribution in [3.05, 3.63) is 41.7 Å². The topological polar surface area (TPSA) is 34.0 Å². The summed E-state index contributed by atoms with van der Waals surface area (Å²) in [5.74, 6) is 3.01. The maximum absolute atomic E-state index is 4.59. The van der Waals surface area contributed by atoms with Crippen LogP contribution in [0.1, 0.15) is 44.0 Å². The van der Waals surface area contributed by atoms with Gasteiger partial charge in [0.1, 0.15) is 5.82 Å². The predicted octanol–water partition coefficient (Wildman–Crippen LogP) is 3.13. The van der Waals surface area contributed by atoms with Gasteiger partial charge in [-0.25, -0.2) is 0 Å². The number of rotatable bonds is 3. The molecule has 1 aromatic heterocycles. The van der Waals surface area contributed by atoms with Crippen LogP contribution >= 0.6 is 0 Å². The largest absolute Gasteiger partial charge is 0.341 e. The zero-order chi connectivity index (χ0) is 15.2. The van der Waals surface area contributed by atoms with Gasteiger partial charge in [-0.2, -0.15) is 0 Å². The van der Waals surface area contributed by atoms with E-state index in [1.54, 1.807) is 0 Å². The molecular weight excluding hydrogens is 272 g/mol. The lowest BCUT2D eigenvalue weighted by Gasteiger charge is -2.30. The summed E-state index contributed by atoms with van der Waals surface area (Å²) < 4.78 is 2.23. The summed E-state index contributed by atoms with van der Waals surface area (Å²) in [5, 5.41) is 9.13. The third kappa shape index (κ3) is 2.13. The number of nitrogens with zero attached hydrogens (tertiary/aromatic N) is 4. The lowest BCUT2D eigenvalue weighted by atomic mass is 9.95. The van der Waals surface area contributed by atoms with Crippen LogP contribution in [0.15, 0.2) is 30.3 Å². The molecular formula is C18H24N4. The first-order chi connectivity index (χ1) is 10.7. The Bertz CT molecular complexity index is 649. The summed E-state index contributed by atoms with van der Waals surface area (Å²) >= 11 is 0. The summed E-state index contributed by atoms with van der Waals surface area (Å²) in [6, 6.07) is 10.8. The van der Waals surface area contributed by atoms with E-state index in [0.717, 1.165) is 30.8 Å². The second-order valence-electron chi connectivity index (χ2n) is 7.00. The van der Waals surface area contributed by atoms with Crippen LogP contribution in [-0.4, -0.2) is 27.9 Å². The molecule has 4 heteroatoms. The highest BCUT2D eigenvalue weighted by Crippen LogP contribution is 2.52. The maximum Gasteiger partial charge on any atom is 0.226 e. The zero-order valence-corrected chi connectivity index (χ0v) is 13.5. The van der Waals surface area contributed by atoms with Crippen molar-refractivity contribution in [3.63, 3.8) is 0 Å². The lowest BCUT2D eigenvalue weighted by Crippen LogP contribution is -2.34. The van der Waals surface area contributed by atoms with Crippen LogP contribution in [0.2, 0.25) is 0 Å². The number of benzene rings is 1. The monoisotopic (exact) mass is 296 g/mol. The van der Waals surface area contributed by atoms with E-state index in [1.165, 1.54) is 31.2 Å². The molecule has 0 amide bonds. The Kier molecular flexibility index (Phi) is 3.21. The van der Waals surface area contributed by atoms with E-state index in [2.05, 4.69) is 64.0 Å². The van der Waals surface area contributed by atoms with Gasteiger partial charge in [0.05, 0.1) is 5.41 Å². The normalized spacial score (nSPS) is 21.1. The summed E-state index contributed by atoms with van der Waals surface area (Å²) in [6.07, 6.45) is 4.87. The van der Waals surface area contributed by atoms with Crippen LogP contribution in [0.3, 0.4) is 0 Å². The van der Waals surface area contributed by atoms with Gasteiger partial charge >= 0.3 is 0 Å². The highest BCUT2D eigenvalue weighted by molar-refractivity contribution is 5.42. The Morgan fingerprint density at radius 2 is 1.73 bits per heavy atom. The van der Waals surface area contributed by atoms with Crippen LogP contribution in [0, 0.1) is 5.92 Å². The first kappa shape index (κ1) is 13.8. The van der Waals surface area contributed by atoms with Crippen molar-refractivity contribution in [2.24, 2.45) is 13.0 Å². The van der Waals surface area contributed by atoms with Crippen LogP contribution in [0.25, 0.3) is 0 Å². The van der Waals surface area contributed by atoms with Crippen LogP contribution < -0.4 is 4.90 Å². The molecule has 22 heavy (non-hydrogen) atoms. The van der Waals surface area contributed by atoms with Gasteiger partial charge in [0.15, 0.2) is 0 Å². The number of aromatic nitrogens is 3. The maximum atomic E-state index is 4.59. The standard InChI is InChI=1S/C18H24N4/c1-14-8-12-22(13-9-14)17-20-19-16(21(17)2)18(10-11-18)15-6-4-3-5-7-15/h3-7,14H,8-13H2,1-2H3. The highest BCUT2D eigenvalue weighted by atomic mass is 15.4. The van der Waals surface area contributed by atoms with Crippen molar-refractivity contribution < 1.29 is 0 Å². The Morgan fingerprint density at radius 3 is 2.36 bits per heavy atom. The van der Waals surface area contributed by atoms with Crippen molar-refractivity contribution in [1.29, 1.82) is 0 Å². The minimum Gasteiger partial charge on any atom is -0.341 e. The third-order valence-electron chi connectivity index (χ3n) is 5.42. The molecule has 0 bridgehead atoms. The minimum absolute atomic E-state index is 0.102. The van der Waals surface area contributed by atoms with Gasteiger partial charge < -0.3 is 4.90 Å². The first-order valence-electron chi connectivity index (χ1n) is 8.41. The summed E-state index contributed by atoms with van der Waals surface area (Å²) in [5.41, 5.74) is 1.48. The minimum atomic E-state index is 0.102. The smallest absolute Gasteiger partial charge is 0.226 e. The second-order valence-corrected chi connectivity index (χ2v) is 7.00. The number of piperidine rings is 1. The molecule has 1 aromatic carbocycles. The molecule has 2 aromatic rings. The average molecular weight is 296 g/mol.